The summed E-state index contributed by atoms with van der Waals surface area (Å²) in [5.41, 5.74) is 1.40. The van der Waals surface area contributed by atoms with Gasteiger partial charge in [0.05, 0.1) is 23.9 Å². The lowest BCUT2D eigenvalue weighted by atomic mass is 9.96. The quantitative estimate of drug-likeness (QED) is 0.564. The molecule has 0 bridgehead atoms. The summed E-state index contributed by atoms with van der Waals surface area (Å²) in [4.78, 5) is 13.0. The molecule has 0 atom stereocenters. The number of amides is 1. The van der Waals surface area contributed by atoms with E-state index in [0.717, 1.165) is 37.8 Å². The van der Waals surface area contributed by atoms with E-state index in [-0.39, 0.29) is 16.6 Å². The number of ether oxygens (including phenoxy) is 1. The van der Waals surface area contributed by atoms with E-state index < -0.39 is 15.9 Å². The molecule has 1 aromatic heterocycles. The third kappa shape index (κ3) is 4.94. The normalized spacial score (nSPS) is 14.9. The fraction of sp³-hybridized carbons (Fsp3) is 0.333. The number of benzene rings is 2. The number of carbonyl (C=O) groups is 1. The minimum absolute atomic E-state index is 0.0373. The molecule has 4 rings (SSSR count). The molecule has 33 heavy (non-hydrogen) atoms. The van der Waals surface area contributed by atoms with Crippen molar-refractivity contribution in [2.75, 3.05) is 19.5 Å². The lowest BCUT2D eigenvalue weighted by molar-refractivity contribution is 0.101. The predicted molar refractivity (Wildman–Crippen MR) is 126 cm³/mol. The summed E-state index contributed by atoms with van der Waals surface area (Å²) in [6.45, 7) is 0. The maximum atomic E-state index is 13.0. The molecule has 1 heterocycles. The second-order valence-electron chi connectivity index (χ2n) is 8.12. The summed E-state index contributed by atoms with van der Waals surface area (Å²) >= 11 is 0. The van der Waals surface area contributed by atoms with Gasteiger partial charge in [-0.25, -0.2) is 13.1 Å². The van der Waals surface area contributed by atoms with Gasteiger partial charge in [0, 0.05) is 18.8 Å². The van der Waals surface area contributed by atoms with E-state index in [1.54, 1.807) is 30.1 Å². The fourth-order valence-electron chi connectivity index (χ4n) is 4.09. The molecule has 1 amide bonds. The van der Waals surface area contributed by atoms with Crippen LogP contribution in [-0.4, -0.2) is 48.6 Å². The van der Waals surface area contributed by atoms with Crippen LogP contribution in [0.3, 0.4) is 0 Å². The van der Waals surface area contributed by atoms with Crippen LogP contribution in [0.15, 0.2) is 65.7 Å². The number of nitrogens with zero attached hydrogens (tertiary/aromatic N) is 3. The number of hydrogen-bond donors (Lipinski definition) is 1. The third-order valence-electron chi connectivity index (χ3n) is 6.01. The van der Waals surface area contributed by atoms with E-state index in [1.807, 2.05) is 30.3 Å². The highest BCUT2D eigenvalue weighted by atomic mass is 32.2. The van der Waals surface area contributed by atoms with Crippen LogP contribution in [0.5, 0.6) is 5.75 Å². The van der Waals surface area contributed by atoms with Gasteiger partial charge in [-0.1, -0.05) is 37.5 Å². The highest BCUT2D eigenvalue weighted by Gasteiger charge is 2.29. The molecule has 1 fully saturated rings. The Bertz CT molecular complexity index is 1200. The maximum absolute atomic E-state index is 13.0. The van der Waals surface area contributed by atoms with Gasteiger partial charge in [0.1, 0.15) is 0 Å². The molecule has 8 nitrogen and oxygen atoms in total. The molecule has 3 aromatic rings. The van der Waals surface area contributed by atoms with E-state index in [0.29, 0.717) is 11.4 Å². The standard InChI is InChI=1S/C24H28N4O4S/c1-27(19-9-5-3-6-10-19)33(30,31)21-15-13-18(14-16-21)25-24(29)23-22(32-2)17-28(26-23)20-11-7-4-8-12-20/h4,7-8,11-17,19H,3,5-6,9-10H2,1-2H3,(H,25,29). The molecule has 1 saturated carbocycles. The molecule has 9 heteroatoms. The molecule has 2 aromatic carbocycles. The van der Waals surface area contributed by atoms with Gasteiger partial charge in [0.25, 0.3) is 5.91 Å². The molecular formula is C24H28N4O4S. The van der Waals surface area contributed by atoms with Crippen LogP contribution < -0.4 is 10.1 Å². The Labute approximate surface area is 194 Å². The molecule has 1 aliphatic rings. The molecule has 0 radical (unpaired) electrons. The summed E-state index contributed by atoms with van der Waals surface area (Å²) in [6, 6.07) is 15.6. The number of anilines is 1. The Morgan fingerprint density at radius 1 is 1.06 bits per heavy atom. The van der Waals surface area contributed by atoms with Crippen LogP contribution in [0.25, 0.3) is 5.69 Å². The van der Waals surface area contributed by atoms with Crippen molar-refractivity contribution < 1.29 is 17.9 Å². The highest BCUT2D eigenvalue weighted by molar-refractivity contribution is 7.89. The molecule has 0 saturated heterocycles. The lowest BCUT2D eigenvalue weighted by Crippen LogP contribution is -2.38. The van der Waals surface area contributed by atoms with Crippen LogP contribution in [0.1, 0.15) is 42.6 Å². The number of aromatic nitrogens is 2. The number of hydrogen-bond acceptors (Lipinski definition) is 5. The Morgan fingerprint density at radius 3 is 2.36 bits per heavy atom. The first kappa shape index (κ1) is 23.0. The second-order valence-corrected chi connectivity index (χ2v) is 10.1. The van der Waals surface area contributed by atoms with E-state index in [4.69, 9.17) is 4.74 Å². The number of sulfonamides is 1. The monoisotopic (exact) mass is 468 g/mol. The van der Waals surface area contributed by atoms with Gasteiger partial charge in [0.2, 0.25) is 10.0 Å². The molecule has 174 valence electrons. The summed E-state index contributed by atoms with van der Waals surface area (Å²) in [6.07, 6.45) is 6.69. The van der Waals surface area contributed by atoms with Crippen molar-refractivity contribution in [3.63, 3.8) is 0 Å². The van der Waals surface area contributed by atoms with Crippen LogP contribution in [0.2, 0.25) is 0 Å². The van der Waals surface area contributed by atoms with Crippen LogP contribution in [0.4, 0.5) is 5.69 Å². The zero-order chi connectivity index (χ0) is 23.4. The van der Waals surface area contributed by atoms with Crippen molar-refractivity contribution in [2.45, 2.75) is 43.0 Å². The number of para-hydroxylation sites is 1. The smallest absolute Gasteiger partial charge is 0.280 e. The molecule has 0 unspecified atom stereocenters. The van der Waals surface area contributed by atoms with E-state index in [2.05, 4.69) is 10.4 Å². The highest BCUT2D eigenvalue weighted by Crippen LogP contribution is 2.27. The van der Waals surface area contributed by atoms with Crippen molar-refractivity contribution in [3.8, 4) is 11.4 Å². The molecule has 1 N–H and O–H groups in total. The SMILES string of the molecule is COc1cn(-c2ccccc2)nc1C(=O)Nc1ccc(S(=O)(=O)N(C)C2CCCCC2)cc1. The molecule has 1 aliphatic carbocycles. The Hall–Kier alpha value is -3.17. The maximum Gasteiger partial charge on any atom is 0.280 e. The van der Waals surface area contributed by atoms with Crippen molar-refractivity contribution in [1.29, 1.82) is 0 Å². The molecule has 0 spiro atoms. The minimum Gasteiger partial charge on any atom is -0.493 e. The van der Waals surface area contributed by atoms with Gasteiger partial charge >= 0.3 is 0 Å². The number of carbonyl (C=O) groups excluding carboxylic acids is 1. The molecular weight excluding hydrogens is 440 g/mol. The zero-order valence-electron chi connectivity index (χ0n) is 18.8. The van der Waals surface area contributed by atoms with E-state index in [9.17, 15) is 13.2 Å². The van der Waals surface area contributed by atoms with Crippen LogP contribution in [-0.2, 0) is 10.0 Å². The Morgan fingerprint density at radius 2 is 1.73 bits per heavy atom. The van der Waals surface area contributed by atoms with Crippen molar-refractivity contribution in [2.24, 2.45) is 0 Å². The number of methoxy groups -OCH3 is 1. The van der Waals surface area contributed by atoms with Crippen molar-refractivity contribution >= 4 is 21.6 Å². The van der Waals surface area contributed by atoms with Crippen LogP contribution in [0, 0.1) is 0 Å². The predicted octanol–water partition coefficient (Wildman–Crippen LogP) is 4.09. The van der Waals surface area contributed by atoms with E-state index in [1.165, 1.54) is 23.5 Å². The average molecular weight is 469 g/mol. The average Bonchev–Trinajstić information content (AvgIpc) is 3.30. The summed E-state index contributed by atoms with van der Waals surface area (Å²) in [5.74, 6) is -0.110. The number of rotatable bonds is 7. The summed E-state index contributed by atoms with van der Waals surface area (Å²) in [5, 5.41) is 7.12. The van der Waals surface area contributed by atoms with Gasteiger partial charge in [-0.2, -0.15) is 9.40 Å². The fourth-order valence-corrected chi connectivity index (χ4v) is 5.50. The summed E-state index contributed by atoms with van der Waals surface area (Å²) in [7, 11) is -0.462. The van der Waals surface area contributed by atoms with Gasteiger partial charge in [0.15, 0.2) is 11.4 Å². The van der Waals surface area contributed by atoms with Gasteiger partial charge in [-0.15, -0.1) is 0 Å². The lowest BCUT2D eigenvalue weighted by Gasteiger charge is -2.30. The molecule has 0 aliphatic heterocycles. The van der Waals surface area contributed by atoms with Gasteiger partial charge < -0.3 is 10.1 Å². The first-order valence-corrected chi connectivity index (χ1v) is 12.4. The van der Waals surface area contributed by atoms with Gasteiger partial charge in [-0.3, -0.25) is 4.79 Å². The first-order valence-electron chi connectivity index (χ1n) is 11.0. The van der Waals surface area contributed by atoms with E-state index >= 15 is 0 Å². The topological polar surface area (TPSA) is 93.5 Å². The Balaban J connectivity index is 1.49. The van der Waals surface area contributed by atoms with Crippen LogP contribution >= 0.6 is 0 Å². The minimum atomic E-state index is -3.59. The van der Waals surface area contributed by atoms with Gasteiger partial charge in [-0.05, 0) is 49.2 Å². The first-order chi connectivity index (χ1) is 15.9. The van der Waals surface area contributed by atoms with Crippen molar-refractivity contribution in [1.82, 2.24) is 14.1 Å². The third-order valence-corrected chi connectivity index (χ3v) is 7.94. The van der Waals surface area contributed by atoms with Crippen molar-refractivity contribution in [3.05, 3.63) is 66.5 Å². The zero-order valence-corrected chi connectivity index (χ0v) is 19.6. The Kier molecular flexibility index (Phi) is 6.80. The largest absolute Gasteiger partial charge is 0.493 e. The summed E-state index contributed by atoms with van der Waals surface area (Å²) < 4.78 is 34.4. The number of nitrogens with one attached hydrogen (secondary N) is 1. The second kappa shape index (κ2) is 9.76.